The molecule has 0 saturated carbocycles. The fourth-order valence-corrected chi connectivity index (χ4v) is 4.27. The van der Waals surface area contributed by atoms with Crippen molar-refractivity contribution in [1.29, 1.82) is 0 Å². The molecule has 3 heterocycles. The van der Waals surface area contributed by atoms with Crippen molar-refractivity contribution in [2.24, 2.45) is 0 Å². The van der Waals surface area contributed by atoms with E-state index in [1.165, 1.54) is 10.8 Å². The van der Waals surface area contributed by atoms with Gasteiger partial charge in [0.05, 0.1) is 19.3 Å². The second-order valence-corrected chi connectivity index (χ2v) is 7.57. The number of likely N-dealkylation sites (tertiary alicyclic amines) is 1. The third-order valence-corrected chi connectivity index (χ3v) is 5.91. The van der Waals surface area contributed by atoms with E-state index in [0.29, 0.717) is 45.8 Å². The monoisotopic (exact) mass is 398 g/mol. The van der Waals surface area contributed by atoms with E-state index in [4.69, 9.17) is 4.74 Å². The van der Waals surface area contributed by atoms with Gasteiger partial charge in [-0.2, -0.15) is 0 Å². The highest BCUT2D eigenvalue weighted by molar-refractivity contribution is 5.76. The van der Waals surface area contributed by atoms with E-state index in [2.05, 4.69) is 9.88 Å². The van der Waals surface area contributed by atoms with E-state index in [0.717, 1.165) is 5.56 Å². The van der Waals surface area contributed by atoms with E-state index in [1.54, 1.807) is 17.2 Å². The highest BCUT2D eigenvalue weighted by Crippen LogP contribution is 2.36. The Morgan fingerprint density at radius 1 is 1.17 bits per heavy atom. The Kier molecular flexibility index (Phi) is 5.75. The molecule has 8 heteroatoms. The van der Waals surface area contributed by atoms with Crippen LogP contribution in [0, 0.1) is 0 Å². The second-order valence-electron chi connectivity index (χ2n) is 7.57. The van der Waals surface area contributed by atoms with Crippen LogP contribution in [0.1, 0.15) is 12.0 Å². The zero-order chi connectivity index (χ0) is 20.3. The summed E-state index contributed by atoms with van der Waals surface area (Å²) in [5, 5.41) is 11.7. The summed E-state index contributed by atoms with van der Waals surface area (Å²) in [6, 6.07) is 11.1. The standard InChI is InChI=1S/C21H26N4O4/c26-19(16-25-9-4-8-22-20(25)27)24-10-7-21(28,17-5-2-1-3-6-17)18(15-24)23-11-13-29-14-12-23/h1-6,8-9,18,28H,7,10-16H2/t18-,21+/m1/s1. The molecular weight excluding hydrogens is 372 g/mol. The Balaban J connectivity index is 1.57. The Labute approximate surface area is 169 Å². The average Bonchev–Trinajstić information content (AvgIpc) is 2.77. The van der Waals surface area contributed by atoms with Gasteiger partial charge < -0.3 is 14.7 Å². The summed E-state index contributed by atoms with van der Waals surface area (Å²) in [7, 11) is 0. The molecule has 2 fully saturated rings. The minimum Gasteiger partial charge on any atom is -0.383 e. The molecule has 0 radical (unpaired) electrons. The largest absolute Gasteiger partial charge is 0.383 e. The van der Waals surface area contributed by atoms with Gasteiger partial charge >= 0.3 is 5.69 Å². The molecule has 4 rings (SSSR count). The lowest BCUT2D eigenvalue weighted by Gasteiger charge is -2.50. The number of piperidine rings is 1. The Hall–Kier alpha value is -2.55. The van der Waals surface area contributed by atoms with Crippen LogP contribution in [0.2, 0.25) is 0 Å². The molecule has 2 aliphatic rings. The number of hydrogen-bond donors (Lipinski definition) is 1. The molecule has 0 unspecified atom stereocenters. The van der Waals surface area contributed by atoms with E-state index >= 15 is 0 Å². The normalized spacial score (nSPS) is 25.7. The van der Waals surface area contributed by atoms with Gasteiger partial charge in [0.25, 0.3) is 0 Å². The van der Waals surface area contributed by atoms with Crippen LogP contribution in [0.3, 0.4) is 0 Å². The molecule has 8 nitrogen and oxygen atoms in total. The lowest BCUT2D eigenvalue weighted by Crippen LogP contribution is -2.63. The number of ether oxygens (including phenoxy) is 1. The molecule has 2 saturated heterocycles. The summed E-state index contributed by atoms with van der Waals surface area (Å²) in [6.07, 6.45) is 3.42. The van der Waals surface area contributed by atoms with Gasteiger partial charge in [-0.15, -0.1) is 0 Å². The van der Waals surface area contributed by atoms with E-state index in [9.17, 15) is 14.7 Å². The average molecular weight is 398 g/mol. The van der Waals surface area contributed by atoms with Gasteiger partial charge in [0.2, 0.25) is 5.91 Å². The summed E-state index contributed by atoms with van der Waals surface area (Å²) in [6.45, 7) is 3.43. The number of nitrogens with zero attached hydrogens (tertiary/aromatic N) is 4. The van der Waals surface area contributed by atoms with Crippen LogP contribution in [-0.2, 0) is 21.7 Å². The van der Waals surface area contributed by atoms with Crippen molar-refractivity contribution in [3.8, 4) is 0 Å². The van der Waals surface area contributed by atoms with Gasteiger partial charge in [-0.25, -0.2) is 9.78 Å². The minimum absolute atomic E-state index is 0.0493. The molecule has 0 bridgehead atoms. The number of hydrogen-bond acceptors (Lipinski definition) is 6. The predicted octanol–water partition coefficient (Wildman–Crippen LogP) is 0.0642. The van der Waals surface area contributed by atoms with Crippen LogP contribution in [0.25, 0.3) is 0 Å². The van der Waals surface area contributed by atoms with Gasteiger partial charge in [-0.05, 0) is 18.1 Å². The highest BCUT2D eigenvalue weighted by atomic mass is 16.5. The van der Waals surface area contributed by atoms with Gasteiger partial charge in [-0.3, -0.25) is 14.3 Å². The fourth-order valence-electron chi connectivity index (χ4n) is 4.27. The number of aliphatic hydroxyl groups is 1. The molecule has 1 aromatic carbocycles. The van der Waals surface area contributed by atoms with Gasteiger partial charge in [0, 0.05) is 38.6 Å². The van der Waals surface area contributed by atoms with Gasteiger partial charge in [-0.1, -0.05) is 30.3 Å². The lowest BCUT2D eigenvalue weighted by molar-refractivity contribution is -0.148. The first-order chi connectivity index (χ1) is 14.1. The van der Waals surface area contributed by atoms with E-state index < -0.39 is 11.3 Å². The summed E-state index contributed by atoms with van der Waals surface area (Å²) < 4.78 is 6.79. The number of aromatic nitrogens is 2. The summed E-state index contributed by atoms with van der Waals surface area (Å²) in [5.74, 6) is -0.145. The first kappa shape index (κ1) is 19.8. The SMILES string of the molecule is O=C(Cn1cccnc1=O)N1CC[C@](O)(c2ccccc2)[C@H](N2CCOCC2)C1. The summed E-state index contributed by atoms with van der Waals surface area (Å²) in [5.41, 5.74) is -0.615. The topological polar surface area (TPSA) is 87.9 Å². The number of rotatable bonds is 4. The van der Waals surface area contributed by atoms with Crippen LogP contribution in [0.5, 0.6) is 0 Å². The van der Waals surface area contributed by atoms with Crippen LogP contribution < -0.4 is 5.69 Å². The number of carbonyl (C=O) groups excluding carboxylic acids is 1. The molecule has 2 aromatic rings. The summed E-state index contributed by atoms with van der Waals surface area (Å²) >= 11 is 0. The molecule has 1 aromatic heterocycles. The van der Waals surface area contributed by atoms with Gasteiger partial charge in [0.15, 0.2) is 0 Å². The molecule has 2 aliphatic heterocycles. The number of morpholine rings is 1. The molecule has 1 amide bonds. The van der Waals surface area contributed by atoms with Gasteiger partial charge in [0.1, 0.15) is 12.1 Å². The molecule has 0 aliphatic carbocycles. The predicted molar refractivity (Wildman–Crippen MR) is 106 cm³/mol. The third-order valence-electron chi connectivity index (χ3n) is 5.91. The second kappa shape index (κ2) is 8.44. The van der Waals surface area contributed by atoms with Crippen molar-refractivity contribution in [3.05, 3.63) is 64.8 Å². The highest BCUT2D eigenvalue weighted by Gasteiger charge is 2.46. The number of carbonyl (C=O) groups is 1. The first-order valence-corrected chi connectivity index (χ1v) is 9.97. The minimum atomic E-state index is -1.04. The molecule has 29 heavy (non-hydrogen) atoms. The molecule has 0 spiro atoms. The van der Waals surface area contributed by atoms with Crippen molar-refractivity contribution < 1.29 is 14.6 Å². The maximum atomic E-state index is 12.9. The zero-order valence-electron chi connectivity index (χ0n) is 16.3. The lowest BCUT2D eigenvalue weighted by atomic mass is 9.79. The maximum absolute atomic E-state index is 12.9. The Bertz CT molecular complexity index is 897. The smallest absolute Gasteiger partial charge is 0.347 e. The number of benzene rings is 1. The Morgan fingerprint density at radius 3 is 2.66 bits per heavy atom. The van der Waals surface area contributed by atoms with Crippen molar-refractivity contribution in [1.82, 2.24) is 19.4 Å². The van der Waals surface area contributed by atoms with Crippen LogP contribution >= 0.6 is 0 Å². The molecule has 2 atom stereocenters. The third kappa shape index (κ3) is 4.10. The van der Waals surface area contributed by atoms with Crippen LogP contribution in [-0.4, -0.2) is 75.8 Å². The first-order valence-electron chi connectivity index (χ1n) is 9.97. The Morgan fingerprint density at radius 2 is 1.93 bits per heavy atom. The molecule has 1 N–H and O–H groups in total. The van der Waals surface area contributed by atoms with Crippen molar-refractivity contribution >= 4 is 5.91 Å². The summed E-state index contributed by atoms with van der Waals surface area (Å²) in [4.78, 5) is 32.4. The van der Waals surface area contributed by atoms with Crippen LogP contribution in [0.4, 0.5) is 0 Å². The number of amides is 1. The molecular formula is C21H26N4O4. The van der Waals surface area contributed by atoms with E-state index in [1.807, 2.05) is 30.3 Å². The van der Waals surface area contributed by atoms with E-state index in [-0.39, 0.29) is 18.5 Å². The fraction of sp³-hybridized carbons (Fsp3) is 0.476. The molecule has 154 valence electrons. The quantitative estimate of drug-likeness (QED) is 0.784. The maximum Gasteiger partial charge on any atom is 0.347 e. The zero-order valence-corrected chi connectivity index (χ0v) is 16.3. The van der Waals surface area contributed by atoms with Crippen molar-refractivity contribution in [3.63, 3.8) is 0 Å². The van der Waals surface area contributed by atoms with Crippen molar-refractivity contribution in [2.75, 3.05) is 39.4 Å². The van der Waals surface area contributed by atoms with Crippen molar-refractivity contribution in [2.45, 2.75) is 24.6 Å². The van der Waals surface area contributed by atoms with Crippen LogP contribution in [0.15, 0.2) is 53.6 Å².